The van der Waals surface area contributed by atoms with Crippen LogP contribution in [0.25, 0.3) is 0 Å². The number of nitrogens with zero attached hydrogens (tertiary/aromatic N) is 5. The van der Waals surface area contributed by atoms with Gasteiger partial charge in [0.2, 0.25) is 5.91 Å². The van der Waals surface area contributed by atoms with Crippen LogP contribution in [0.4, 0.5) is 0 Å². The van der Waals surface area contributed by atoms with Crippen molar-refractivity contribution in [2.75, 3.05) is 38.7 Å². The molecular formula is C26H28N6O6S. The minimum Gasteiger partial charge on any atom is -0.489 e. The molecule has 3 aliphatic heterocycles. The Labute approximate surface area is 228 Å². The van der Waals surface area contributed by atoms with Gasteiger partial charge in [-0.1, -0.05) is 5.21 Å². The Bertz CT molecular complexity index is 1350. The number of fused-ring (bicyclic) bond motifs is 5. The number of benzene rings is 1. The van der Waals surface area contributed by atoms with Crippen LogP contribution in [-0.2, 0) is 22.7 Å². The largest absolute Gasteiger partial charge is 0.489 e. The number of amides is 2. The van der Waals surface area contributed by atoms with E-state index in [0.717, 1.165) is 16.4 Å². The Hall–Kier alpha value is -3.84. The highest BCUT2D eigenvalue weighted by molar-refractivity contribution is 7.99. The standard InChI is InChI=1S/C26H28N6O6S/c33-24(5-11-39-18-3-4-20-22(12-18)37-10-9-36-20)31-14-19-23(15-31)38-16-17-13-32(30-29-17)7-8-35-21-2-1-6-27-25(21)26(34)28-19/h1-4,6,12-13,19,23H,5,7-11,14-16H2,(H,28,34)/t19-,23-/m0/s1. The summed E-state index contributed by atoms with van der Waals surface area (Å²) in [7, 11) is 0. The topological polar surface area (TPSA) is 130 Å². The second-order valence-corrected chi connectivity index (χ2v) is 10.5. The fourth-order valence-corrected chi connectivity index (χ4v) is 5.55. The van der Waals surface area contributed by atoms with Gasteiger partial charge in [0.05, 0.1) is 31.5 Å². The molecule has 0 spiro atoms. The molecule has 3 aromatic rings. The molecule has 0 saturated carbocycles. The monoisotopic (exact) mass is 552 g/mol. The highest BCUT2D eigenvalue weighted by Gasteiger charge is 2.37. The van der Waals surface area contributed by atoms with Crippen LogP contribution < -0.4 is 19.5 Å². The molecule has 1 aromatic carbocycles. The summed E-state index contributed by atoms with van der Waals surface area (Å²) in [5.74, 6) is 2.08. The number of rotatable bonds is 4. The van der Waals surface area contributed by atoms with Crippen LogP contribution in [0.1, 0.15) is 22.6 Å². The fraction of sp³-hybridized carbons (Fsp3) is 0.423. The van der Waals surface area contributed by atoms with Crippen molar-refractivity contribution in [3.05, 3.63) is 54.1 Å². The number of carbonyl (C=O) groups is 2. The Balaban J connectivity index is 1.11. The molecule has 6 rings (SSSR count). The van der Waals surface area contributed by atoms with Crippen LogP contribution in [0.3, 0.4) is 0 Å². The molecule has 2 aromatic heterocycles. The maximum Gasteiger partial charge on any atom is 0.274 e. The van der Waals surface area contributed by atoms with Crippen LogP contribution in [0.15, 0.2) is 47.6 Å². The molecule has 39 heavy (non-hydrogen) atoms. The molecule has 3 aliphatic rings. The quantitative estimate of drug-likeness (QED) is 0.476. The average molecular weight is 553 g/mol. The lowest BCUT2D eigenvalue weighted by Crippen LogP contribution is -2.44. The van der Waals surface area contributed by atoms with Crippen LogP contribution in [0.2, 0.25) is 0 Å². The lowest BCUT2D eigenvalue weighted by molar-refractivity contribution is -0.130. The summed E-state index contributed by atoms with van der Waals surface area (Å²) in [6, 6.07) is 8.81. The highest BCUT2D eigenvalue weighted by atomic mass is 32.2. The number of pyridine rings is 1. The molecule has 0 radical (unpaired) electrons. The lowest BCUT2D eigenvalue weighted by atomic mass is 10.2. The first-order chi connectivity index (χ1) is 19.1. The molecule has 0 aliphatic carbocycles. The summed E-state index contributed by atoms with van der Waals surface area (Å²) < 4.78 is 24.9. The van der Waals surface area contributed by atoms with Crippen molar-refractivity contribution in [1.82, 2.24) is 30.2 Å². The van der Waals surface area contributed by atoms with Gasteiger partial charge in [-0.15, -0.1) is 16.9 Å². The number of thioether (sulfide) groups is 1. The van der Waals surface area contributed by atoms with Crippen molar-refractivity contribution in [3.63, 3.8) is 0 Å². The van der Waals surface area contributed by atoms with E-state index < -0.39 is 12.1 Å². The molecule has 2 amide bonds. The summed E-state index contributed by atoms with van der Waals surface area (Å²) in [6.45, 7) is 2.75. The minimum atomic E-state index is -0.417. The van der Waals surface area contributed by atoms with Gasteiger partial charge in [0.15, 0.2) is 22.9 Å². The first-order valence-electron chi connectivity index (χ1n) is 12.8. The highest BCUT2D eigenvalue weighted by Crippen LogP contribution is 2.34. The first kappa shape index (κ1) is 25.4. The van der Waals surface area contributed by atoms with Gasteiger partial charge >= 0.3 is 0 Å². The van der Waals surface area contributed by atoms with E-state index in [1.807, 2.05) is 18.2 Å². The van der Waals surface area contributed by atoms with Crippen LogP contribution in [-0.4, -0.2) is 87.5 Å². The van der Waals surface area contributed by atoms with Gasteiger partial charge in [-0.2, -0.15) is 0 Å². The maximum atomic E-state index is 13.2. The van der Waals surface area contributed by atoms with Crippen molar-refractivity contribution < 1.29 is 28.5 Å². The molecule has 2 atom stereocenters. The van der Waals surface area contributed by atoms with Gasteiger partial charge in [0.1, 0.15) is 25.5 Å². The van der Waals surface area contributed by atoms with E-state index >= 15 is 0 Å². The third-order valence-electron chi connectivity index (χ3n) is 6.63. The molecule has 1 saturated heterocycles. The zero-order valence-corrected chi connectivity index (χ0v) is 22.0. The summed E-state index contributed by atoms with van der Waals surface area (Å²) in [6.07, 6.45) is 3.29. The van der Waals surface area contributed by atoms with Crippen molar-refractivity contribution in [2.24, 2.45) is 0 Å². The zero-order chi connectivity index (χ0) is 26.6. The lowest BCUT2D eigenvalue weighted by Gasteiger charge is -2.20. The van der Waals surface area contributed by atoms with Crippen molar-refractivity contribution in [2.45, 2.75) is 36.6 Å². The van der Waals surface area contributed by atoms with Gasteiger partial charge in [-0.05, 0) is 30.3 Å². The maximum absolute atomic E-state index is 13.2. The second-order valence-electron chi connectivity index (χ2n) is 9.30. The zero-order valence-electron chi connectivity index (χ0n) is 21.2. The number of nitrogens with one attached hydrogen (secondary N) is 1. The SMILES string of the molecule is O=C1N[C@H]2CN(C(=O)CCSc3ccc4c(c3)OCCO4)C[C@@H]2OCc2cn(nn2)CCOc2cccnc21. The number of carbonyl (C=O) groups excluding carboxylic acids is 2. The normalized spacial score (nSPS) is 20.7. The second kappa shape index (κ2) is 11.5. The van der Waals surface area contributed by atoms with E-state index in [-0.39, 0.29) is 24.1 Å². The molecule has 12 nitrogen and oxygen atoms in total. The van der Waals surface area contributed by atoms with E-state index in [1.165, 1.54) is 0 Å². The molecular weight excluding hydrogens is 524 g/mol. The van der Waals surface area contributed by atoms with E-state index in [2.05, 4.69) is 20.6 Å². The van der Waals surface area contributed by atoms with Gasteiger partial charge in [-0.25, -0.2) is 9.67 Å². The van der Waals surface area contributed by atoms with Gasteiger partial charge in [0.25, 0.3) is 5.91 Å². The minimum absolute atomic E-state index is 0.00360. The number of hydrogen-bond donors (Lipinski definition) is 1. The van der Waals surface area contributed by atoms with Crippen LogP contribution >= 0.6 is 11.8 Å². The Morgan fingerprint density at radius 3 is 2.87 bits per heavy atom. The number of ether oxygens (including phenoxy) is 4. The fourth-order valence-electron chi connectivity index (χ4n) is 4.68. The van der Waals surface area contributed by atoms with Gasteiger partial charge in [0, 0.05) is 36.4 Å². The Morgan fingerprint density at radius 2 is 1.95 bits per heavy atom. The van der Waals surface area contributed by atoms with E-state index in [0.29, 0.717) is 63.1 Å². The predicted molar refractivity (Wildman–Crippen MR) is 139 cm³/mol. The summed E-state index contributed by atoms with van der Waals surface area (Å²) in [4.78, 5) is 33.3. The van der Waals surface area contributed by atoms with E-state index in [4.69, 9.17) is 18.9 Å². The summed E-state index contributed by atoms with van der Waals surface area (Å²) in [5, 5.41) is 11.3. The molecule has 1 fully saturated rings. The van der Waals surface area contributed by atoms with E-state index in [9.17, 15) is 9.59 Å². The first-order valence-corrected chi connectivity index (χ1v) is 13.8. The van der Waals surface area contributed by atoms with Crippen molar-refractivity contribution in [1.29, 1.82) is 0 Å². The third kappa shape index (κ3) is 5.93. The molecule has 13 heteroatoms. The molecule has 1 N–H and O–H groups in total. The molecule has 5 heterocycles. The van der Waals surface area contributed by atoms with Gasteiger partial charge in [-0.3, -0.25) is 9.59 Å². The average Bonchev–Trinajstić information content (AvgIpc) is 3.58. The smallest absolute Gasteiger partial charge is 0.274 e. The van der Waals surface area contributed by atoms with Crippen LogP contribution in [0, 0.1) is 0 Å². The molecule has 204 valence electrons. The Kier molecular flexibility index (Phi) is 7.50. The molecule has 0 unspecified atom stereocenters. The number of hydrogen-bond acceptors (Lipinski definition) is 10. The third-order valence-corrected chi connectivity index (χ3v) is 7.62. The summed E-state index contributed by atoms with van der Waals surface area (Å²) >= 11 is 1.59. The van der Waals surface area contributed by atoms with E-state index in [1.54, 1.807) is 45.9 Å². The molecule has 2 bridgehead atoms. The van der Waals surface area contributed by atoms with Crippen molar-refractivity contribution in [3.8, 4) is 17.2 Å². The van der Waals surface area contributed by atoms with Crippen LogP contribution in [0.5, 0.6) is 17.2 Å². The predicted octanol–water partition coefficient (Wildman–Crippen LogP) is 1.55. The number of likely N-dealkylation sites (tertiary alicyclic amines) is 1. The Morgan fingerprint density at radius 1 is 1.08 bits per heavy atom. The van der Waals surface area contributed by atoms with Gasteiger partial charge < -0.3 is 29.2 Å². The summed E-state index contributed by atoms with van der Waals surface area (Å²) in [5.41, 5.74) is 0.855. The van der Waals surface area contributed by atoms with Crippen molar-refractivity contribution >= 4 is 23.6 Å². The number of aromatic nitrogens is 4.